The van der Waals surface area contributed by atoms with Crippen LogP contribution in [0.1, 0.15) is 12.5 Å². The van der Waals surface area contributed by atoms with Gasteiger partial charge in [-0.1, -0.05) is 36.4 Å². The molecule has 5 heteroatoms. The molecule has 0 aliphatic heterocycles. The lowest BCUT2D eigenvalue weighted by atomic mass is 9.96. The minimum absolute atomic E-state index is 0.0119. The molecule has 0 fully saturated rings. The number of carbonyl (C=O) groups is 1. The number of benzene rings is 1. The van der Waals surface area contributed by atoms with Crippen molar-refractivity contribution in [2.75, 3.05) is 13.2 Å². The molecule has 3 atom stereocenters. The molecule has 1 rings (SSSR count). The highest BCUT2D eigenvalue weighted by Gasteiger charge is 2.30. The standard InChI is InChI=1S/C16H22O5/c1-3-13(15(18)16(19)21-4-2)14(17)11-20-10-12-8-6-5-7-9-12/h3,5-9,13-15,17-18H,1,4,10-11H2,2H3/t13-,14?,15?/m1/s1. The minimum atomic E-state index is -1.45. The summed E-state index contributed by atoms with van der Waals surface area (Å²) in [6, 6.07) is 9.51. The lowest BCUT2D eigenvalue weighted by molar-refractivity contribution is -0.158. The normalized spacial score (nSPS) is 15.0. The van der Waals surface area contributed by atoms with E-state index >= 15 is 0 Å². The van der Waals surface area contributed by atoms with E-state index in [9.17, 15) is 15.0 Å². The van der Waals surface area contributed by atoms with Crippen molar-refractivity contribution >= 4 is 5.97 Å². The van der Waals surface area contributed by atoms with Crippen molar-refractivity contribution in [1.29, 1.82) is 0 Å². The number of esters is 1. The fourth-order valence-electron chi connectivity index (χ4n) is 1.86. The number of carbonyl (C=O) groups excluding carboxylic acids is 1. The molecule has 116 valence electrons. The van der Waals surface area contributed by atoms with Gasteiger partial charge in [0.25, 0.3) is 0 Å². The van der Waals surface area contributed by atoms with Crippen molar-refractivity contribution in [2.45, 2.75) is 25.7 Å². The Hall–Kier alpha value is -1.69. The predicted octanol–water partition coefficient (Wildman–Crippen LogP) is 1.29. The Balaban J connectivity index is 2.45. The van der Waals surface area contributed by atoms with E-state index in [1.165, 1.54) is 6.08 Å². The van der Waals surface area contributed by atoms with Gasteiger partial charge in [-0.3, -0.25) is 0 Å². The monoisotopic (exact) mass is 294 g/mol. The summed E-state index contributed by atoms with van der Waals surface area (Å²) in [5.74, 6) is -1.61. The third-order valence-corrected chi connectivity index (χ3v) is 3.01. The Kier molecular flexibility index (Phi) is 7.68. The Labute approximate surface area is 124 Å². The molecule has 0 heterocycles. The molecule has 2 unspecified atom stereocenters. The summed E-state index contributed by atoms with van der Waals surface area (Å²) in [7, 11) is 0. The van der Waals surface area contributed by atoms with Gasteiger partial charge in [0.2, 0.25) is 0 Å². The fourth-order valence-corrected chi connectivity index (χ4v) is 1.86. The Morgan fingerprint density at radius 2 is 2.00 bits per heavy atom. The molecule has 0 radical (unpaired) electrons. The summed E-state index contributed by atoms with van der Waals surface area (Å²) in [6.07, 6.45) is -1.15. The van der Waals surface area contributed by atoms with Gasteiger partial charge in [0.15, 0.2) is 6.10 Å². The maximum Gasteiger partial charge on any atom is 0.335 e. The van der Waals surface area contributed by atoms with E-state index in [0.717, 1.165) is 5.56 Å². The first-order valence-electron chi connectivity index (χ1n) is 6.87. The van der Waals surface area contributed by atoms with E-state index in [1.807, 2.05) is 30.3 Å². The number of ether oxygens (including phenoxy) is 2. The maximum absolute atomic E-state index is 11.5. The molecule has 0 amide bonds. The van der Waals surface area contributed by atoms with Crippen LogP contribution in [0.15, 0.2) is 43.0 Å². The summed E-state index contributed by atoms with van der Waals surface area (Å²) in [5, 5.41) is 19.8. The summed E-state index contributed by atoms with van der Waals surface area (Å²) in [4.78, 5) is 11.5. The van der Waals surface area contributed by atoms with Crippen LogP contribution in [0.4, 0.5) is 0 Å². The van der Waals surface area contributed by atoms with Gasteiger partial charge < -0.3 is 19.7 Å². The van der Waals surface area contributed by atoms with Crippen molar-refractivity contribution in [3.8, 4) is 0 Å². The predicted molar refractivity (Wildman–Crippen MR) is 78.4 cm³/mol. The van der Waals surface area contributed by atoms with Gasteiger partial charge in [-0.15, -0.1) is 6.58 Å². The van der Waals surface area contributed by atoms with E-state index in [1.54, 1.807) is 6.92 Å². The smallest absolute Gasteiger partial charge is 0.335 e. The summed E-state index contributed by atoms with van der Waals surface area (Å²) in [5.41, 5.74) is 0.978. The SMILES string of the molecule is C=C[C@H](C(O)COCc1ccccc1)C(O)C(=O)OCC. The van der Waals surface area contributed by atoms with Crippen LogP contribution in [0.2, 0.25) is 0 Å². The zero-order valence-electron chi connectivity index (χ0n) is 12.1. The fraction of sp³-hybridized carbons (Fsp3) is 0.438. The molecule has 2 N–H and O–H groups in total. The highest BCUT2D eigenvalue weighted by molar-refractivity contribution is 5.75. The highest BCUT2D eigenvalue weighted by Crippen LogP contribution is 2.14. The first-order valence-corrected chi connectivity index (χ1v) is 6.87. The van der Waals surface area contributed by atoms with E-state index in [-0.39, 0.29) is 13.2 Å². The second kappa shape index (κ2) is 9.28. The van der Waals surface area contributed by atoms with Gasteiger partial charge in [0.05, 0.1) is 25.9 Å². The van der Waals surface area contributed by atoms with E-state index in [0.29, 0.717) is 6.61 Å². The van der Waals surface area contributed by atoms with E-state index in [4.69, 9.17) is 9.47 Å². The van der Waals surface area contributed by atoms with Crippen LogP contribution in [0.25, 0.3) is 0 Å². The minimum Gasteiger partial charge on any atom is -0.464 e. The number of aliphatic hydroxyl groups excluding tert-OH is 2. The first kappa shape index (κ1) is 17.4. The largest absolute Gasteiger partial charge is 0.464 e. The topological polar surface area (TPSA) is 76.0 Å². The third-order valence-electron chi connectivity index (χ3n) is 3.01. The van der Waals surface area contributed by atoms with Crippen molar-refractivity contribution in [2.24, 2.45) is 5.92 Å². The number of aliphatic hydroxyl groups is 2. The van der Waals surface area contributed by atoms with E-state index < -0.39 is 24.1 Å². The van der Waals surface area contributed by atoms with Gasteiger partial charge in [-0.05, 0) is 12.5 Å². The Morgan fingerprint density at radius 3 is 2.57 bits per heavy atom. The third kappa shape index (κ3) is 5.67. The molecule has 21 heavy (non-hydrogen) atoms. The van der Waals surface area contributed by atoms with Gasteiger partial charge in [0.1, 0.15) is 0 Å². The van der Waals surface area contributed by atoms with Gasteiger partial charge in [0, 0.05) is 5.92 Å². The molecule has 0 aliphatic carbocycles. The molecule has 0 aromatic heterocycles. The molecule has 5 nitrogen and oxygen atoms in total. The molecule has 1 aromatic carbocycles. The summed E-state index contributed by atoms with van der Waals surface area (Å²) < 4.78 is 10.1. The molecular weight excluding hydrogens is 272 g/mol. The van der Waals surface area contributed by atoms with Gasteiger partial charge >= 0.3 is 5.97 Å². The van der Waals surface area contributed by atoms with Crippen LogP contribution in [-0.2, 0) is 20.9 Å². The zero-order valence-corrected chi connectivity index (χ0v) is 12.1. The molecular formula is C16H22O5. The van der Waals surface area contributed by atoms with Crippen molar-refractivity contribution in [1.82, 2.24) is 0 Å². The number of rotatable bonds is 9. The summed E-state index contributed by atoms with van der Waals surface area (Å²) in [6.45, 7) is 5.67. The van der Waals surface area contributed by atoms with Crippen LogP contribution < -0.4 is 0 Å². The van der Waals surface area contributed by atoms with Gasteiger partial charge in [-0.2, -0.15) is 0 Å². The van der Waals surface area contributed by atoms with Crippen LogP contribution in [0.3, 0.4) is 0 Å². The number of hydrogen-bond acceptors (Lipinski definition) is 5. The highest BCUT2D eigenvalue weighted by atomic mass is 16.5. The molecule has 0 spiro atoms. The van der Waals surface area contributed by atoms with Crippen molar-refractivity contribution < 1.29 is 24.5 Å². The quantitative estimate of drug-likeness (QED) is 0.530. The molecule has 1 aromatic rings. The number of hydrogen-bond donors (Lipinski definition) is 2. The molecule has 0 saturated heterocycles. The van der Waals surface area contributed by atoms with E-state index in [2.05, 4.69) is 6.58 Å². The second-order valence-electron chi connectivity index (χ2n) is 4.58. The lowest BCUT2D eigenvalue weighted by Gasteiger charge is -2.23. The van der Waals surface area contributed by atoms with Crippen molar-refractivity contribution in [3.05, 3.63) is 48.6 Å². The van der Waals surface area contributed by atoms with Crippen molar-refractivity contribution in [3.63, 3.8) is 0 Å². The van der Waals surface area contributed by atoms with Crippen LogP contribution >= 0.6 is 0 Å². The molecule has 0 bridgehead atoms. The Bertz CT molecular complexity index is 432. The molecule has 0 saturated carbocycles. The average Bonchev–Trinajstić information content (AvgIpc) is 2.49. The van der Waals surface area contributed by atoms with Gasteiger partial charge in [-0.25, -0.2) is 4.79 Å². The van der Waals surface area contributed by atoms with Crippen LogP contribution in [0.5, 0.6) is 0 Å². The average molecular weight is 294 g/mol. The first-order chi connectivity index (χ1) is 10.1. The zero-order chi connectivity index (χ0) is 15.7. The van der Waals surface area contributed by atoms with Crippen LogP contribution in [0, 0.1) is 5.92 Å². The molecule has 0 aliphatic rings. The second-order valence-corrected chi connectivity index (χ2v) is 4.58. The Morgan fingerprint density at radius 1 is 1.33 bits per heavy atom. The maximum atomic E-state index is 11.5. The lowest BCUT2D eigenvalue weighted by Crippen LogP contribution is -2.39. The summed E-state index contributed by atoms with van der Waals surface area (Å²) >= 11 is 0. The van der Waals surface area contributed by atoms with Crippen LogP contribution in [-0.4, -0.2) is 41.6 Å².